The van der Waals surface area contributed by atoms with Gasteiger partial charge in [-0.3, -0.25) is 0 Å². The van der Waals surface area contributed by atoms with E-state index < -0.39 is 11.7 Å². The third-order valence-electron chi connectivity index (χ3n) is 4.58. The van der Waals surface area contributed by atoms with E-state index in [0.717, 1.165) is 24.5 Å². The van der Waals surface area contributed by atoms with Gasteiger partial charge in [0.15, 0.2) is 5.11 Å². The summed E-state index contributed by atoms with van der Waals surface area (Å²) in [6.45, 7) is 1.70. The number of hydrogen-bond donors (Lipinski definition) is 1. The molecule has 0 spiro atoms. The molecule has 29 heavy (non-hydrogen) atoms. The molecule has 1 fully saturated rings. The van der Waals surface area contributed by atoms with E-state index in [1.165, 1.54) is 12.1 Å². The highest BCUT2D eigenvalue weighted by Gasteiger charge is 2.33. The van der Waals surface area contributed by atoms with E-state index >= 15 is 0 Å². The van der Waals surface area contributed by atoms with Gasteiger partial charge in [0.25, 0.3) is 0 Å². The second-order valence-corrected chi connectivity index (χ2v) is 7.93. The molecular weight excluding hydrogens is 444 g/mol. The van der Waals surface area contributed by atoms with Crippen molar-refractivity contribution in [1.82, 2.24) is 4.90 Å². The highest BCUT2D eigenvalue weighted by molar-refractivity contribution is 7.80. The quantitative estimate of drug-likeness (QED) is 0.520. The molecule has 2 aromatic rings. The van der Waals surface area contributed by atoms with Crippen LogP contribution in [0.25, 0.3) is 0 Å². The standard InChI is InChI=1S/C20H19Cl2F3N2OS/c21-17-6-2-1-4-13(17)11-27(12-15-5-3-9-28-15)19(29)26-14-7-8-16(18(22)10-14)20(23,24)25/h1-2,4,6-8,10,15H,3,5,9,11-12H2,(H,26,29)/t15-/m0/s1. The Morgan fingerprint density at radius 1 is 1.17 bits per heavy atom. The van der Waals surface area contributed by atoms with Gasteiger partial charge >= 0.3 is 6.18 Å². The van der Waals surface area contributed by atoms with Gasteiger partial charge < -0.3 is 15.0 Å². The van der Waals surface area contributed by atoms with Crippen molar-refractivity contribution in [3.05, 3.63) is 63.6 Å². The third-order valence-corrected chi connectivity index (χ3v) is 5.62. The van der Waals surface area contributed by atoms with Crippen LogP contribution in [-0.2, 0) is 17.5 Å². The summed E-state index contributed by atoms with van der Waals surface area (Å²) in [5.41, 5.74) is 0.383. The molecule has 3 rings (SSSR count). The van der Waals surface area contributed by atoms with E-state index in [-0.39, 0.29) is 11.1 Å². The largest absolute Gasteiger partial charge is 0.417 e. The number of anilines is 1. The normalized spacial score (nSPS) is 16.7. The Hall–Kier alpha value is -1.54. The molecule has 156 valence electrons. The van der Waals surface area contributed by atoms with E-state index in [1.807, 2.05) is 23.1 Å². The SMILES string of the molecule is FC(F)(F)c1ccc(NC(=S)N(Cc2ccccc2Cl)C[C@@H]2CCCO2)cc1Cl. The third kappa shape index (κ3) is 5.98. The molecule has 0 aromatic heterocycles. The fourth-order valence-corrected chi connectivity index (χ4v) is 3.85. The maximum Gasteiger partial charge on any atom is 0.417 e. The first-order valence-electron chi connectivity index (χ1n) is 9.01. The smallest absolute Gasteiger partial charge is 0.376 e. The zero-order valence-electron chi connectivity index (χ0n) is 15.3. The molecular formula is C20H19Cl2F3N2OS. The van der Waals surface area contributed by atoms with Crippen LogP contribution in [0.1, 0.15) is 24.0 Å². The molecule has 0 saturated carbocycles. The zero-order valence-corrected chi connectivity index (χ0v) is 17.6. The first kappa shape index (κ1) is 22.2. The summed E-state index contributed by atoms with van der Waals surface area (Å²) < 4.78 is 44.5. The van der Waals surface area contributed by atoms with Crippen molar-refractivity contribution in [2.75, 3.05) is 18.5 Å². The van der Waals surface area contributed by atoms with Crippen molar-refractivity contribution < 1.29 is 17.9 Å². The van der Waals surface area contributed by atoms with Crippen molar-refractivity contribution in [1.29, 1.82) is 0 Å². The van der Waals surface area contributed by atoms with E-state index in [0.29, 0.717) is 35.5 Å². The van der Waals surface area contributed by atoms with E-state index in [2.05, 4.69) is 5.32 Å². The minimum Gasteiger partial charge on any atom is -0.376 e. The van der Waals surface area contributed by atoms with Gasteiger partial charge in [-0.1, -0.05) is 41.4 Å². The molecule has 1 aliphatic heterocycles. The molecule has 1 heterocycles. The van der Waals surface area contributed by atoms with Crippen molar-refractivity contribution in [3.63, 3.8) is 0 Å². The van der Waals surface area contributed by atoms with Crippen molar-refractivity contribution in [3.8, 4) is 0 Å². The number of alkyl halides is 3. The van der Waals surface area contributed by atoms with E-state index in [1.54, 1.807) is 6.07 Å². The maximum absolute atomic E-state index is 12.9. The average molecular weight is 463 g/mol. The first-order valence-corrected chi connectivity index (χ1v) is 10.2. The zero-order chi connectivity index (χ0) is 21.0. The predicted molar refractivity (Wildman–Crippen MR) is 114 cm³/mol. The van der Waals surface area contributed by atoms with Gasteiger partial charge in [0, 0.05) is 30.4 Å². The summed E-state index contributed by atoms with van der Waals surface area (Å²) in [4.78, 5) is 1.90. The second kappa shape index (κ2) is 9.51. The summed E-state index contributed by atoms with van der Waals surface area (Å²) in [6, 6.07) is 10.9. The van der Waals surface area contributed by atoms with Gasteiger partial charge in [0.1, 0.15) is 0 Å². The summed E-state index contributed by atoms with van der Waals surface area (Å²) >= 11 is 17.6. The maximum atomic E-state index is 12.9. The fourth-order valence-electron chi connectivity index (χ4n) is 3.11. The first-order chi connectivity index (χ1) is 13.7. The Morgan fingerprint density at radius 2 is 1.93 bits per heavy atom. The van der Waals surface area contributed by atoms with Crippen LogP contribution >= 0.6 is 35.4 Å². The Kier molecular flexibility index (Phi) is 7.27. The minimum absolute atomic E-state index is 0.0356. The number of nitrogens with one attached hydrogen (secondary N) is 1. The molecule has 0 bridgehead atoms. The highest BCUT2D eigenvalue weighted by atomic mass is 35.5. The summed E-state index contributed by atoms with van der Waals surface area (Å²) in [7, 11) is 0. The lowest BCUT2D eigenvalue weighted by molar-refractivity contribution is -0.137. The lowest BCUT2D eigenvalue weighted by atomic mass is 10.2. The highest BCUT2D eigenvalue weighted by Crippen LogP contribution is 2.36. The van der Waals surface area contributed by atoms with Crippen LogP contribution < -0.4 is 5.32 Å². The molecule has 0 radical (unpaired) electrons. The van der Waals surface area contributed by atoms with Crippen LogP contribution in [0.3, 0.4) is 0 Å². The van der Waals surface area contributed by atoms with Crippen molar-refractivity contribution >= 4 is 46.2 Å². The Morgan fingerprint density at radius 3 is 2.55 bits per heavy atom. The second-order valence-electron chi connectivity index (χ2n) is 6.73. The van der Waals surface area contributed by atoms with E-state index in [9.17, 15) is 13.2 Å². The molecule has 2 aromatic carbocycles. The molecule has 1 aliphatic rings. The number of benzene rings is 2. The topological polar surface area (TPSA) is 24.5 Å². The van der Waals surface area contributed by atoms with Gasteiger partial charge in [-0.2, -0.15) is 13.2 Å². The van der Waals surface area contributed by atoms with Gasteiger partial charge in [0.2, 0.25) is 0 Å². The van der Waals surface area contributed by atoms with Crippen LogP contribution in [0.4, 0.5) is 18.9 Å². The van der Waals surface area contributed by atoms with Gasteiger partial charge in [0.05, 0.1) is 16.7 Å². The summed E-state index contributed by atoms with van der Waals surface area (Å²) in [5.74, 6) is 0. The van der Waals surface area contributed by atoms with Crippen molar-refractivity contribution in [2.24, 2.45) is 0 Å². The van der Waals surface area contributed by atoms with Gasteiger partial charge in [-0.25, -0.2) is 0 Å². The van der Waals surface area contributed by atoms with Crippen molar-refractivity contribution in [2.45, 2.75) is 31.7 Å². The number of hydrogen-bond acceptors (Lipinski definition) is 2. The molecule has 1 saturated heterocycles. The Balaban J connectivity index is 1.77. The lowest BCUT2D eigenvalue weighted by Gasteiger charge is -2.29. The number of ether oxygens (including phenoxy) is 1. The summed E-state index contributed by atoms with van der Waals surface area (Å²) in [5, 5.41) is 3.57. The Bertz CT molecular complexity index is 873. The molecule has 1 N–H and O–H groups in total. The fraction of sp³-hybridized carbons (Fsp3) is 0.350. The monoisotopic (exact) mass is 462 g/mol. The molecule has 9 heteroatoms. The van der Waals surface area contributed by atoms with Gasteiger partial charge in [-0.15, -0.1) is 0 Å². The molecule has 3 nitrogen and oxygen atoms in total. The number of halogens is 5. The molecule has 0 unspecified atom stereocenters. The average Bonchev–Trinajstić information content (AvgIpc) is 3.15. The summed E-state index contributed by atoms with van der Waals surface area (Å²) in [6.07, 6.45) is -2.56. The number of nitrogens with zero attached hydrogens (tertiary/aromatic N) is 1. The van der Waals surface area contributed by atoms with Crippen LogP contribution in [0, 0.1) is 0 Å². The molecule has 0 aliphatic carbocycles. The van der Waals surface area contributed by atoms with Crippen LogP contribution in [0.2, 0.25) is 10.0 Å². The molecule has 1 atom stereocenters. The van der Waals surface area contributed by atoms with Gasteiger partial charge in [-0.05, 0) is 54.9 Å². The van der Waals surface area contributed by atoms with E-state index in [4.69, 9.17) is 40.2 Å². The minimum atomic E-state index is -4.51. The van der Waals surface area contributed by atoms with Crippen LogP contribution in [0.15, 0.2) is 42.5 Å². The number of rotatable bonds is 5. The lowest BCUT2D eigenvalue weighted by Crippen LogP contribution is -2.39. The number of thiocarbonyl (C=S) groups is 1. The van der Waals surface area contributed by atoms with Crippen LogP contribution in [0.5, 0.6) is 0 Å². The van der Waals surface area contributed by atoms with Crippen LogP contribution in [-0.4, -0.2) is 29.3 Å². The predicted octanol–water partition coefficient (Wildman–Crippen LogP) is 6.39. The Labute approximate surface area is 182 Å². The molecule has 0 amide bonds.